The van der Waals surface area contributed by atoms with Gasteiger partial charge in [0, 0.05) is 6.04 Å². The molecule has 1 heterocycles. The molecule has 0 aromatic rings. The van der Waals surface area contributed by atoms with Crippen LogP contribution in [0.4, 0.5) is 0 Å². The summed E-state index contributed by atoms with van der Waals surface area (Å²) in [6, 6.07) is 0.462. The van der Waals surface area contributed by atoms with Crippen molar-refractivity contribution in [1.29, 1.82) is 0 Å². The Morgan fingerprint density at radius 3 is 2.60 bits per heavy atom. The van der Waals surface area contributed by atoms with Crippen molar-refractivity contribution < 1.29 is 9.53 Å². The molecule has 1 aliphatic heterocycles. The van der Waals surface area contributed by atoms with Gasteiger partial charge in [-0.15, -0.1) is 0 Å². The zero-order valence-corrected chi connectivity index (χ0v) is 5.96. The zero-order chi connectivity index (χ0) is 7.14. The Hall–Kier alpha value is -0.570. The van der Waals surface area contributed by atoms with Crippen LogP contribution in [0.3, 0.4) is 0 Å². The molecule has 2 rings (SSSR count). The van der Waals surface area contributed by atoms with Crippen LogP contribution in [0.25, 0.3) is 0 Å². The fourth-order valence-electron chi connectivity index (χ4n) is 0.972. The van der Waals surface area contributed by atoms with Crippen molar-refractivity contribution in [1.82, 2.24) is 5.32 Å². The number of hydrogen-bond donors (Lipinski definition) is 1. The van der Waals surface area contributed by atoms with Gasteiger partial charge in [0.2, 0.25) is 0 Å². The normalized spacial score (nSPS) is 37.3. The lowest BCUT2D eigenvalue weighted by Crippen LogP contribution is -2.30. The Bertz CT molecular complexity index is 165. The van der Waals surface area contributed by atoms with E-state index in [-0.39, 0.29) is 18.1 Å². The van der Waals surface area contributed by atoms with Crippen LogP contribution in [0.1, 0.15) is 19.8 Å². The van der Waals surface area contributed by atoms with Crippen LogP contribution in [-0.4, -0.2) is 24.2 Å². The summed E-state index contributed by atoms with van der Waals surface area (Å²) in [5.74, 6) is 0.0787. The standard InChI is InChI=1S/C7H11NO2/c1-4-6(10-4)7(9)8-5-2-3-5/h4-6H,2-3H2,1H3,(H,8,9). The number of nitrogens with one attached hydrogen (secondary N) is 1. The van der Waals surface area contributed by atoms with Gasteiger partial charge in [-0.2, -0.15) is 0 Å². The number of carbonyl (C=O) groups excluding carboxylic acids is 1. The van der Waals surface area contributed by atoms with Gasteiger partial charge in [-0.1, -0.05) is 0 Å². The summed E-state index contributed by atoms with van der Waals surface area (Å²) < 4.78 is 5.00. The summed E-state index contributed by atoms with van der Waals surface area (Å²) in [6.07, 6.45) is 2.30. The number of epoxide rings is 1. The Labute approximate surface area is 59.7 Å². The summed E-state index contributed by atoms with van der Waals surface area (Å²) >= 11 is 0. The fourth-order valence-corrected chi connectivity index (χ4v) is 0.972. The predicted octanol–water partition coefficient (Wildman–Crippen LogP) is 0.0523. The number of carbonyl (C=O) groups is 1. The molecule has 2 fully saturated rings. The lowest BCUT2D eigenvalue weighted by Gasteiger charge is -1.96. The number of hydrogen-bond acceptors (Lipinski definition) is 2. The molecule has 1 N–H and O–H groups in total. The van der Waals surface area contributed by atoms with E-state index in [1.165, 1.54) is 0 Å². The van der Waals surface area contributed by atoms with Crippen molar-refractivity contribution >= 4 is 5.91 Å². The first-order valence-corrected chi connectivity index (χ1v) is 3.73. The summed E-state index contributed by atoms with van der Waals surface area (Å²) in [4.78, 5) is 11.0. The maximum atomic E-state index is 11.0. The Balaban J connectivity index is 1.76. The molecule has 0 aromatic carbocycles. The minimum absolute atomic E-state index is 0.0787. The van der Waals surface area contributed by atoms with Crippen LogP contribution in [0.2, 0.25) is 0 Å². The van der Waals surface area contributed by atoms with Crippen LogP contribution in [-0.2, 0) is 9.53 Å². The highest BCUT2D eigenvalue weighted by Crippen LogP contribution is 2.24. The maximum Gasteiger partial charge on any atom is 0.252 e. The largest absolute Gasteiger partial charge is 0.359 e. The average molecular weight is 141 g/mol. The van der Waals surface area contributed by atoms with Crippen molar-refractivity contribution in [2.75, 3.05) is 0 Å². The van der Waals surface area contributed by atoms with E-state index in [2.05, 4.69) is 5.32 Å². The maximum absolute atomic E-state index is 11.0. The zero-order valence-electron chi connectivity index (χ0n) is 5.96. The van der Waals surface area contributed by atoms with Crippen molar-refractivity contribution in [3.63, 3.8) is 0 Å². The van der Waals surface area contributed by atoms with Crippen LogP contribution in [0.5, 0.6) is 0 Å². The van der Waals surface area contributed by atoms with Gasteiger partial charge < -0.3 is 10.1 Å². The molecular weight excluding hydrogens is 130 g/mol. The van der Waals surface area contributed by atoms with Gasteiger partial charge in [0.25, 0.3) is 5.91 Å². The fraction of sp³-hybridized carbons (Fsp3) is 0.857. The lowest BCUT2D eigenvalue weighted by atomic mass is 10.3. The molecule has 3 nitrogen and oxygen atoms in total. The second-order valence-electron chi connectivity index (χ2n) is 3.04. The molecule has 10 heavy (non-hydrogen) atoms. The molecule has 2 aliphatic rings. The van der Waals surface area contributed by atoms with E-state index in [1.807, 2.05) is 6.92 Å². The van der Waals surface area contributed by atoms with Gasteiger partial charge in [-0.05, 0) is 19.8 Å². The molecular formula is C7H11NO2. The topological polar surface area (TPSA) is 41.6 Å². The molecule has 2 atom stereocenters. The van der Waals surface area contributed by atoms with E-state index in [0.29, 0.717) is 6.04 Å². The lowest BCUT2D eigenvalue weighted by molar-refractivity contribution is -0.122. The molecule has 56 valence electrons. The summed E-state index contributed by atoms with van der Waals surface area (Å²) in [5, 5.41) is 2.88. The van der Waals surface area contributed by atoms with E-state index in [4.69, 9.17) is 4.74 Å². The van der Waals surface area contributed by atoms with Crippen LogP contribution >= 0.6 is 0 Å². The highest BCUT2D eigenvalue weighted by molar-refractivity contribution is 5.84. The van der Waals surface area contributed by atoms with E-state index in [1.54, 1.807) is 0 Å². The van der Waals surface area contributed by atoms with Crippen LogP contribution in [0, 0.1) is 0 Å². The molecule has 2 unspecified atom stereocenters. The van der Waals surface area contributed by atoms with E-state index < -0.39 is 0 Å². The van der Waals surface area contributed by atoms with Gasteiger partial charge in [0.1, 0.15) is 0 Å². The second-order valence-corrected chi connectivity index (χ2v) is 3.04. The van der Waals surface area contributed by atoms with E-state index in [0.717, 1.165) is 12.8 Å². The smallest absolute Gasteiger partial charge is 0.252 e. The second kappa shape index (κ2) is 1.95. The van der Waals surface area contributed by atoms with Gasteiger partial charge in [-0.25, -0.2) is 0 Å². The minimum atomic E-state index is -0.138. The molecule has 1 saturated heterocycles. The van der Waals surface area contributed by atoms with E-state index in [9.17, 15) is 4.79 Å². The monoisotopic (exact) mass is 141 g/mol. The van der Waals surface area contributed by atoms with Crippen molar-refractivity contribution in [2.24, 2.45) is 0 Å². The summed E-state index contributed by atoms with van der Waals surface area (Å²) in [5.41, 5.74) is 0. The van der Waals surface area contributed by atoms with Gasteiger partial charge in [-0.3, -0.25) is 4.79 Å². The van der Waals surface area contributed by atoms with Crippen molar-refractivity contribution in [3.05, 3.63) is 0 Å². The van der Waals surface area contributed by atoms with Crippen molar-refractivity contribution in [3.8, 4) is 0 Å². The first kappa shape index (κ1) is 6.16. The van der Waals surface area contributed by atoms with E-state index >= 15 is 0 Å². The van der Waals surface area contributed by atoms with Crippen molar-refractivity contribution in [2.45, 2.75) is 38.0 Å². The Morgan fingerprint density at radius 2 is 2.20 bits per heavy atom. The number of rotatable bonds is 2. The molecule has 0 radical (unpaired) electrons. The number of amides is 1. The molecule has 1 aliphatic carbocycles. The first-order valence-electron chi connectivity index (χ1n) is 3.73. The number of ether oxygens (including phenoxy) is 1. The molecule has 0 bridgehead atoms. The highest BCUT2D eigenvalue weighted by atomic mass is 16.6. The Kier molecular flexibility index (Phi) is 1.20. The summed E-state index contributed by atoms with van der Waals surface area (Å²) in [7, 11) is 0. The third kappa shape index (κ3) is 1.14. The molecule has 1 amide bonds. The van der Waals surface area contributed by atoms with Gasteiger partial charge in [0.15, 0.2) is 6.10 Å². The van der Waals surface area contributed by atoms with Gasteiger partial charge >= 0.3 is 0 Å². The third-order valence-electron chi connectivity index (χ3n) is 1.89. The predicted molar refractivity (Wildman–Crippen MR) is 35.5 cm³/mol. The van der Waals surface area contributed by atoms with Gasteiger partial charge in [0.05, 0.1) is 6.10 Å². The minimum Gasteiger partial charge on any atom is -0.359 e. The molecule has 0 spiro atoms. The van der Waals surface area contributed by atoms with Crippen LogP contribution < -0.4 is 5.32 Å². The quantitative estimate of drug-likeness (QED) is 0.552. The SMILES string of the molecule is CC1OC1C(=O)NC1CC1. The van der Waals surface area contributed by atoms with Crippen LogP contribution in [0.15, 0.2) is 0 Å². The third-order valence-corrected chi connectivity index (χ3v) is 1.89. The molecule has 0 aromatic heterocycles. The highest BCUT2D eigenvalue weighted by Gasteiger charge is 2.42. The average Bonchev–Trinajstić information content (AvgIpc) is 2.66. The Morgan fingerprint density at radius 1 is 1.60 bits per heavy atom. The molecule has 3 heteroatoms. The first-order chi connectivity index (χ1) is 4.77. The molecule has 1 saturated carbocycles. The summed E-state index contributed by atoms with van der Waals surface area (Å²) in [6.45, 7) is 1.91.